The number of amides is 2. The Balaban J connectivity index is 0.000000236. The molecule has 0 aromatic heterocycles. The van der Waals surface area contributed by atoms with E-state index >= 15 is 0 Å². The molecule has 72 valence electrons. The monoisotopic (exact) mass is 185 g/mol. The van der Waals surface area contributed by atoms with Crippen molar-refractivity contribution in [3.63, 3.8) is 0 Å². The molecule has 2 amide bonds. The van der Waals surface area contributed by atoms with Crippen LogP contribution in [0.25, 0.3) is 0 Å². The van der Waals surface area contributed by atoms with Gasteiger partial charge in [0.25, 0.3) is 0 Å². The highest BCUT2D eigenvalue weighted by atomic mass is 16.4. The highest BCUT2D eigenvalue weighted by molar-refractivity contribution is 6.12. The predicted molar refractivity (Wildman–Crippen MR) is 42.7 cm³/mol. The lowest BCUT2D eigenvalue weighted by molar-refractivity contribution is -0.145. The van der Waals surface area contributed by atoms with Gasteiger partial charge in [0.05, 0.1) is 0 Å². The molecule has 5 nitrogen and oxygen atoms in total. The number of rotatable bonds is 1. The third-order valence-electron chi connectivity index (χ3n) is 1.62. The van der Waals surface area contributed by atoms with Crippen molar-refractivity contribution in [2.24, 2.45) is 5.92 Å². The van der Waals surface area contributed by atoms with Crippen molar-refractivity contribution in [2.45, 2.75) is 25.7 Å². The highest BCUT2D eigenvalue weighted by Crippen LogP contribution is 2.14. The Kier molecular flexibility index (Phi) is 3.00. The molecule has 0 aromatic rings. The minimum Gasteiger partial charge on any atom is -0.481 e. The molecule has 1 heterocycles. The molecule has 0 aromatic carbocycles. The van der Waals surface area contributed by atoms with Gasteiger partial charge in [-0.05, 0) is 0 Å². The second kappa shape index (κ2) is 4.02. The largest absolute Gasteiger partial charge is 0.481 e. The van der Waals surface area contributed by atoms with Gasteiger partial charge in [-0.15, -0.1) is 0 Å². The standard InChI is InChI=1S/C5H5NO4.C3H6/c7-3-1-2(5(9)10)4(8)6-3;1-2-3-1/h2H,1H2,(H,9,10)(H,6,7,8);1-3H2. The van der Waals surface area contributed by atoms with E-state index in [1.54, 1.807) is 0 Å². The Morgan fingerprint density at radius 3 is 2.00 bits per heavy atom. The Morgan fingerprint density at radius 2 is 1.85 bits per heavy atom. The molecule has 1 saturated carbocycles. The van der Waals surface area contributed by atoms with E-state index in [1.807, 2.05) is 5.32 Å². The van der Waals surface area contributed by atoms with Gasteiger partial charge in [-0.1, -0.05) is 19.3 Å². The van der Waals surface area contributed by atoms with Crippen LogP contribution in [0.4, 0.5) is 0 Å². The quantitative estimate of drug-likeness (QED) is 0.441. The average molecular weight is 185 g/mol. The Bertz CT molecular complexity index is 244. The Hall–Kier alpha value is -1.39. The summed E-state index contributed by atoms with van der Waals surface area (Å²) in [7, 11) is 0. The number of imide groups is 1. The van der Waals surface area contributed by atoms with Crippen LogP contribution < -0.4 is 5.32 Å². The third kappa shape index (κ3) is 3.23. The number of hydrogen-bond acceptors (Lipinski definition) is 3. The fraction of sp³-hybridized carbons (Fsp3) is 0.625. The van der Waals surface area contributed by atoms with Crippen LogP contribution in [0, 0.1) is 5.92 Å². The highest BCUT2D eigenvalue weighted by Gasteiger charge is 2.35. The van der Waals surface area contributed by atoms with Crippen molar-refractivity contribution < 1.29 is 19.5 Å². The maximum atomic E-state index is 10.5. The van der Waals surface area contributed by atoms with Crippen molar-refractivity contribution in [3.05, 3.63) is 0 Å². The van der Waals surface area contributed by atoms with Crippen LogP contribution in [-0.2, 0) is 14.4 Å². The summed E-state index contributed by atoms with van der Waals surface area (Å²) in [5.74, 6) is -3.65. The van der Waals surface area contributed by atoms with Crippen molar-refractivity contribution >= 4 is 17.8 Å². The summed E-state index contributed by atoms with van der Waals surface area (Å²) in [4.78, 5) is 31.0. The molecular weight excluding hydrogens is 174 g/mol. The van der Waals surface area contributed by atoms with E-state index in [2.05, 4.69) is 0 Å². The Morgan fingerprint density at radius 1 is 1.31 bits per heavy atom. The zero-order valence-electron chi connectivity index (χ0n) is 7.08. The molecule has 5 heteroatoms. The molecule has 1 unspecified atom stereocenters. The minimum absolute atomic E-state index is 0.228. The smallest absolute Gasteiger partial charge is 0.316 e. The minimum atomic E-state index is -1.25. The molecule has 0 radical (unpaired) electrons. The number of carbonyl (C=O) groups is 3. The summed E-state index contributed by atoms with van der Waals surface area (Å²) >= 11 is 0. The van der Waals surface area contributed by atoms with Crippen molar-refractivity contribution in [2.75, 3.05) is 0 Å². The van der Waals surface area contributed by atoms with E-state index < -0.39 is 23.7 Å². The van der Waals surface area contributed by atoms with Gasteiger partial charge >= 0.3 is 5.97 Å². The predicted octanol–water partition coefficient (Wildman–Crippen LogP) is -0.0960. The van der Waals surface area contributed by atoms with E-state index in [1.165, 1.54) is 19.3 Å². The number of carboxylic acid groups (broad SMARTS) is 1. The Labute approximate surface area is 75.1 Å². The first-order valence-corrected chi connectivity index (χ1v) is 4.18. The topological polar surface area (TPSA) is 83.5 Å². The fourth-order valence-electron chi connectivity index (χ4n) is 0.753. The molecular formula is C8H11NO4. The van der Waals surface area contributed by atoms with Crippen LogP contribution in [0.5, 0.6) is 0 Å². The normalized spacial score (nSPS) is 24.5. The van der Waals surface area contributed by atoms with Gasteiger partial charge in [0.1, 0.15) is 5.92 Å². The molecule has 2 aliphatic rings. The zero-order valence-corrected chi connectivity index (χ0v) is 7.08. The molecule has 0 bridgehead atoms. The summed E-state index contributed by atoms with van der Waals surface area (Å²) in [5, 5.41) is 10.2. The zero-order chi connectivity index (χ0) is 9.84. The molecule has 13 heavy (non-hydrogen) atoms. The van der Waals surface area contributed by atoms with Crippen LogP contribution in [0.2, 0.25) is 0 Å². The van der Waals surface area contributed by atoms with Gasteiger partial charge in [-0.25, -0.2) is 0 Å². The summed E-state index contributed by atoms with van der Waals surface area (Å²) < 4.78 is 0. The number of aliphatic carboxylic acids is 1. The van der Waals surface area contributed by atoms with Crippen molar-refractivity contribution in [1.29, 1.82) is 0 Å². The maximum Gasteiger partial charge on any atom is 0.316 e. The van der Waals surface area contributed by atoms with E-state index in [-0.39, 0.29) is 6.42 Å². The van der Waals surface area contributed by atoms with Gasteiger partial charge in [-0.3, -0.25) is 19.7 Å². The van der Waals surface area contributed by atoms with E-state index in [9.17, 15) is 14.4 Å². The van der Waals surface area contributed by atoms with Crippen LogP contribution in [-0.4, -0.2) is 22.9 Å². The molecule has 2 fully saturated rings. The molecule has 1 aliphatic carbocycles. The molecule has 2 rings (SSSR count). The maximum absolute atomic E-state index is 10.5. The summed E-state index contributed by atoms with van der Waals surface area (Å²) in [5.41, 5.74) is 0. The lowest BCUT2D eigenvalue weighted by atomic mass is 10.1. The molecule has 2 N–H and O–H groups in total. The summed E-state index contributed by atoms with van der Waals surface area (Å²) in [6.45, 7) is 0. The molecule has 1 aliphatic heterocycles. The summed E-state index contributed by atoms with van der Waals surface area (Å²) in [6.07, 6.45) is 4.27. The number of hydrogen-bond donors (Lipinski definition) is 2. The van der Waals surface area contributed by atoms with Crippen LogP contribution in [0.15, 0.2) is 0 Å². The van der Waals surface area contributed by atoms with Gasteiger partial charge < -0.3 is 5.11 Å². The van der Waals surface area contributed by atoms with Gasteiger partial charge in [-0.2, -0.15) is 0 Å². The first-order valence-electron chi connectivity index (χ1n) is 4.18. The third-order valence-corrected chi connectivity index (χ3v) is 1.62. The van der Waals surface area contributed by atoms with Crippen LogP contribution >= 0.6 is 0 Å². The van der Waals surface area contributed by atoms with Gasteiger partial charge in [0.15, 0.2) is 0 Å². The van der Waals surface area contributed by atoms with E-state index in [0.29, 0.717) is 0 Å². The SMILES string of the molecule is C1CC1.O=C1CC(C(=O)O)C(=O)N1. The van der Waals surface area contributed by atoms with Crippen molar-refractivity contribution in [1.82, 2.24) is 5.32 Å². The second-order valence-corrected chi connectivity index (χ2v) is 3.07. The second-order valence-electron chi connectivity index (χ2n) is 3.07. The summed E-state index contributed by atoms with van der Waals surface area (Å²) in [6, 6.07) is 0. The van der Waals surface area contributed by atoms with Gasteiger partial charge in [0.2, 0.25) is 11.8 Å². The first-order chi connectivity index (χ1) is 6.11. The average Bonchev–Trinajstić information content (AvgIpc) is 2.83. The van der Waals surface area contributed by atoms with E-state index in [4.69, 9.17) is 5.11 Å². The molecule has 1 saturated heterocycles. The number of carbonyl (C=O) groups excluding carboxylic acids is 2. The molecule has 0 spiro atoms. The molecule has 1 atom stereocenters. The number of nitrogens with one attached hydrogen (secondary N) is 1. The van der Waals surface area contributed by atoms with Crippen molar-refractivity contribution in [3.8, 4) is 0 Å². The first kappa shape index (κ1) is 9.70. The van der Waals surface area contributed by atoms with Crippen LogP contribution in [0.3, 0.4) is 0 Å². The lowest BCUT2D eigenvalue weighted by Gasteiger charge is -1.94. The van der Waals surface area contributed by atoms with Crippen LogP contribution in [0.1, 0.15) is 25.7 Å². The van der Waals surface area contributed by atoms with Gasteiger partial charge in [0, 0.05) is 6.42 Å². The lowest BCUT2D eigenvalue weighted by Crippen LogP contribution is -2.25. The van der Waals surface area contributed by atoms with E-state index in [0.717, 1.165) is 0 Å². The fourth-order valence-corrected chi connectivity index (χ4v) is 0.753. The number of carboxylic acids is 1.